The molecule has 3 rings (SSSR count). The molecule has 0 radical (unpaired) electrons. The van der Waals surface area contributed by atoms with Crippen LogP contribution in [-0.2, 0) is 23.9 Å². The molecule has 1 unspecified atom stereocenters. The van der Waals surface area contributed by atoms with Gasteiger partial charge in [-0.05, 0) is 29.8 Å². The highest BCUT2D eigenvalue weighted by molar-refractivity contribution is 6.07. The number of methoxy groups -OCH3 is 2. The van der Waals surface area contributed by atoms with Crippen LogP contribution in [0.2, 0.25) is 0 Å². The van der Waals surface area contributed by atoms with E-state index in [2.05, 4.69) is 0 Å². The SMILES string of the molecule is COC(=O)C(O)(C(=O)OC)C(CC(=O)N(c1ccccc1)c1ccccc1)c1ccccc1. The normalized spacial score (nSPS) is 11.8. The van der Waals surface area contributed by atoms with E-state index in [0.29, 0.717) is 16.9 Å². The van der Waals surface area contributed by atoms with Crippen LogP contribution in [0.4, 0.5) is 11.4 Å². The number of anilines is 2. The molecule has 0 aliphatic rings. The fraction of sp³-hybridized carbons (Fsp3) is 0.192. The molecule has 0 fully saturated rings. The van der Waals surface area contributed by atoms with Crippen LogP contribution in [0, 0.1) is 0 Å². The van der Waals surface area contributed by atoms with Crippen LogP contribution in [0.3, 0.4) is 0 Å². The summed E-state index contributed by atoms with van der Waals surface area (Å²) in [5.41, 5.74) is -1.12. The number of rotatable bonds is 8. The van der Waals surface area contributed by atoms with Crippen LogP contribution in [0.5, 0.6) is 0 Å². The first-order valence-electron chi connectivity index (χ1n) is 10.3. The van der Waals surface area contributed by atoms with Crippen molar-refractivity contribution in [1.82, 2.24) is 0 Å². The summed E-state index contributed by atoms with van der Waals surface area (Å²) in [6, 6.07) is 26.3. The van der Waals surface area contributed by atoms with E-state index in [-0.39, 0.29) is 6.42 Å². The molecule has 0 bridgehead atoms. The quantitative estimate of drug-likeness (QED) is 0.419. The van der Waals surface area contributed by atoms with E-state index >= 15 is 0 Å². The summed E-state index contributed by atoms with van der Waals surface area (Å²) >= 11 is 0. The average Bonchev–Trinajstić information content (AvgIpc) is 2.87. The second-order valence-corrected chi connectivity index (χ2v) is 7.32. The lowest BCUT2D eigenvalue weighted by atomic mass is 9.79. The first-order valence-corrected chi connectivity index (χ1v) is 10.3. The molecule has 1 N–H and O–H groups in total. The highest BCUT2D eigenvalue weighted by atomic mass is 16.6. The second kappa shape index (κ2) is 10.6. The molecule has 0 saturated carbocycles. The molecule has 0 heterocycles. The van der Waals surface area contributed by atoms with Gasteiger partial charge in [0.2, 0.25) is 5.91 Å². The number of esters is 2. The minimum Gasteiger partial charge on any atom is -0.466 e. The number of para-hydroxylation sites is 2. The van der Waals surface area contributed by atoms with E-state index in [1.807, 2.05) is 12.1 Å². The number of benzene rings is 3. The Morgan fingerprint density at radius 1 is 0.758 bits per heavy atom. The Kier molecular flexibility index (Phi) is 7.58. The van der Waals surface area contributed by atoms with E-state index in [9.17, 15) is 19.5 Å². The van der Waals surface area contributed by atoms with Gasteiger partial charge in [0.15, 0.2) is 0 Å². The van der Waals surface area contributed by atoms with Gasteiger partial charge in [-0.15, -0.1) is 0 Å². The smallest absolute Gasteiger partial charge is 0.350 e. The molecule has 1 amide bonds. The van der Waals surface area contributed by atoms with Crippen molar-refractivity contribution >= 4 is 29.2 Å². The number of ether oxygens (including phenoxy) is 2. The van der Waals surface area contributed by atoms with Gasteiger partial charge in [-0.2, -0.15) is 0 Å². The van der Waals surface area contributed by atoms with Crippen molar-refractivity contribution in [3.8, 4) is 0 Å². The zero-order valence-corrected chi connectivity index (χ0v) is 18.4. The number of amides is 1. The maximum Gasteiger partial charge on any atom is 0.350 e. The van der Waals surface area contributed by atoms with Gasteiger partial charge >= 0.3 is 11.9 Å². The lowest BCUT2D eigenvalue weighted by Crippen LogP contribution is -2.54. The second-order valence-electron chi connectivity index (χ2n) is 7.32. The van der Waals surface area contributed by atoms with Crippen LogP contribution in [0.25, 0.3) is 0 Å². The standard InChI is InChI=1S/C26H25NO6/c1-32-24(29)26(31,25(30)33-2)22(19-12-6-3-7-13-19)18-23(28)27(20-14-8-4-9-15-20)21-16-10-5-11-17-21/h3-17,22,31H,18H2,1-2H3. The van der Waals surface area contributed by atoms with Crippen molar-refractivity contribution in [2.75, 3.05) is 19.1 Å². The Labute approximate surface area is 192 Å². The first kappa shape index (κ1) is 23.7. The van der Waals surface area contributed by atoms with Gasteiger partial charge in [0.05, 0.1) is 14.2 Å². The first-order chi connectivity index (χ1) is 15.9. The third kappa shape index (κ3) is 4.94. The summed E-state index contributed by atoms with van der Waals surface area (Å²) in [4.78, 5) is 40.5. The fourth-order valence-electron chi connectivity index (χ4n) is 3.73. The number of carbonyl (C=O) groups excluding carboxylic acids is 3. The molecule has 170 valence electrons. The molecule has 1 atom stereocenters. The van der Waals surface area contributed by atoms with Crippen LogP contribution in [-0.4, -0.2) is 42.8 Å². The molecule has 0 saturated heterocycles. The van der Waals surface area contributed by atoms with Crippen molar-refractivity contribution in [3.63, 3.8) is 0 Å². The maximum absolute atomic E-state index is 13.7. The molecular formula is C26H25NO6. The van der Waals surface area contributed by atoms with E-state index in [1.54, 1.807) is 78.9 Å². The highest BCUT2D eigenvalue weighted by Gasteiger charge is 2.54. The van der Waals surface area contributed by atoms with Gasteiger partial charge in [0, 0.05) is 23.7 Å². The zero-order valence-electron chi connectivity index (χ0n) is 18.4. The Balaban J connectivity index is 2.10. The molecule has 0 spiro atoms. The number of carbonyl (C=O) groups is 3. The van der Waals surface area contributed by atoms with Crippen molar-refractivity contribution in [3.05, 3.63) is 96.6 Å². The molecule has 0 aliphatic carbocycles. The number of hydrogen-bond acceptors (Lipinski definition) is 6. The molecule has 33 heavy (non-hydrogen) atoms. The fourth-order valence-corrected chi connectivity index (χ4v) is 3.73. The average molecular weight is 447 g/mol. The number of hydrogen-bond donors (Lipinski definition) is 1. The van der Waals surface area contributed by atoms with Crippen molar-refractivity contribution in [2.45, 2.75) is 17.9 Å². The number of aliphatic hydroxyl groups is 1. The maximum atomic E-state index is 13.7. The summed E-state index contributed by atoms with van der Waals surface area (Å²) in [6.45, 7) is 0. The molecule has 3 aromatic rings. The Hall–Kier alpha value is -3.97. The van der Waals surface area contributed by atoms with Crippen LogP contribution in [0.15, 0.2) is 91.0 Å². The Morgan fingerprint density at radius 3 is 1.55 bits per heavy atom. The minimum absolute atomic E-state index is 0.380. The van der Waals surface area contributed by atoms with Crippen molar-refractivity contribution in [2.24, 2.45) is 0 Å². The number of nitrogens with zero attached hydrogens (tertiary/aromatic N) is 1. The molecular weight excluding hydrogens is 422 g/mol. The summed E-state index contributed by atoms with van der Waals surface area (Å²) in [5, 5.41) is 11.3. The monoisotopic (exact) mass is 447 g/mol. The molecule has 0 aliphatic heterocycles. The van der Waals surface area contributed by atoms with Gasteiger partial charge in [0.1, 0.15) is 0 Å². The molecule has 7 heteroatoms. The predicted octanol–water partition coefficient (Wildman–Crippen LogP) is 3.60. The van der Waals surface area contributed by atoms with Crippen LogP contribution >= 0.6 is 0 Å². The molecule has 7 nitrogen and oxygen atoms in total. The Bertz CT molecular complexity index is 1030. The van der Waals surface area contributed by atoms with Gasteiger partial charge in [-0.25, -0.2) is 9.59 Å². The van der Waals surface area contributed by atoms with E-state index in [0.717, 1.165) is 14.2 Å². The Morgan fingerprint density at radius 2 is 1.15 bits per heavy atom. The third-order valence-corrected chi connectivity index (χ3v) is 5.36. The highest BCUT2D eigenvalue weighted by Crippen LogP contribution is 2.36. The van der Waals surface area contributed by atoms with Crippen molar-refractivity contribution < 1.29 is 29.0 Å². The van der Waals surface area contributed by atoms with Crippen LogP contribution in [0.1, 0.15) is 17.9 Å². The zero-order chi connectivity index (χ0) is 23.8. The van der Waals surface area contributed by atoms with Gasteiger partial charge in [0.25, 0.3) is 5.60 Å². The van der Waals surface area contributed by atoms with Gasteiger partial charge in [-0.1, -0.05) is 66.7 Å². The van der Waals surface area contributed by atoms with Crippen LogP contribution < -0.4 is 4.90 Å². The summed E-state index contributed by atoms with van der Waals surface area (Å²) < 4.78 is 9.47. The minimum atomic E-state index is -2.72. The summed E-state index contributed by atoms with van der Waals surface area (Å²) in [7, 11) is 2.11. The lowest BCUT2D eigenvalue weighted by Gasteiger charge is -2.33. The third-order valence-electron chi connectivity index (χ3n) is 5.36. The summed E-state index contributed by atoms with van der Waals surface area (Å²) in [6.07, 6.45) is -0.380. The summed E-state index contributed by atoms with van der Waals surface area (Å²) in [5.74, 6) is -4.11. The molecule has 3 aromatic carbocycles. The largest absolute Gasteiger partial charge is 0.466 e. The van der Waals surface area contributed by atoms with E-state index in [4.69, 9.17) is 9.47 Å². The van der Waals surface area contributed by atoms with Crippen molar-refractivity contribution in [1.29, 1.82) is 0 Å². The van der Waals surface area contributed by atoms with E-state index in [1.165, 1.54) is 4.90 Å². The topological polar surface area (TPSA) is 93.1 Å². The molecule has 0 aromatic heterocycles. The predicted molar refractivity (Wildman–Crippen MR) is 123 cm³/mol. The van der Waals surface area contributed by atoms with E-state index < -0.39 is 29.4 Å². The van der Waals surface area contributed by atoms with Gasteiger partial charge in [-0.3, -0.25) is 9.69 Å². The van der Waals surface area contributed by atoms with Gasteiger partial charge < -0.3 is 14.6 Å². The lowest BCUT2D eigenvalue weighted by molar-refractivity contribution is -0.183.